The number of amidine groups is 1. The summed E-state index contributed by atoms with van der Waals surface area (Å²) in [6.45, 7) is 4.07. The average molecular weight is 398 g/mol. The average Bonchev–Trinajstić information content (AvgIpc) is 2.93. The molecule has 2 aromatic carbocycles. The SMILES string of the molecule is COc1ccccc1NC(=O)C[C@@H]1SC(=Nc2ccc(C)c(C)c2)N(C)C1=O. The van der Waals surface area contributed by atoms with Gasteiger partial charge < -0.3 is 10.1 Å². The number of ether oxygens (including phenoxy) is 1. The number of nitrogens with zero attached hydrogens (tertiary/aromatic N) is 2. The normalized spacial score (nSPS) is 17.9. The van der Waals surface area contributed by atoms with E-state index in [1.807, 2.05) is 44.2 Å². The molecule has 1 atom stereocenters. The lowest BCUT2D eigenvalue weighted by Crippen LogP contribution is -2.30. The zero-order chi connectivity index (χ0) is 20.3. The van der Waals surface area contributed by atoms with E-state index < -0.39 is 5.25 Å². The first-order valence-corrected chi connectivity index (χ1v) is 9.80. The molecule has 0 spiro atoms. The molecule has 6 nitrogen and oxygen atoms in total. The molecular weight excluding hydrogens is 374 g/mol. The number of benzene rings is 2. The van der Waals surface area contributed by atoms with Gasteiger partial charge in [0.25, 0.3) is 0 Å². The van der Waals surface area contributed by atoms with Gasteiger partial charge in [-0.1, -0.05) is 30.0 Å². The van der Waals surface area contributed by atoms with Crippen LogP contribution in [0.15, 0.2) is 47.5 Å². The van der Waals surface area contributed by atoms with E-state index in [2.05, 4.69) is 10.3 Å². The molecule has 0 saturated carbocycles. The summed E-state index contributed by atoms with van der Waals surface area (Å²) in [6, 6.07) is 13.1. The predicted octanol–water partition coefficient (Wildman–Crippen LogP) is 3.90. The third-order valence-electron chi connectivity index (χ3n) is 4.61. The number of carbonyl (C=O) groups excluding carboxylic acids is 2. The second-order valence-corrected chi connectivity index (χ2v) is 7.79. The molecule has 2 aromatic rings. The van der Waals surface area contributed by atoms with E-state index >= 15 is 0 Å². The number of para-hydroxylation sites is 2. The smallest absolute Gasteiger partial charge is 0.242 e. The van der Waals surface area contributed by atoms with Crippen LogP contribution >= 0.6 is 11.8 Å². The van der Waals surface area contributed by atoms with Gasteiger partial charge in [0.2, 0.25) is 11.8 Å². The zero-order valence-electron chi connectivity index (χ0n) is 16.4. The van der Waals surface area contributed by atoms with Crippen molar-refractivity contribution in [3.63, 3.8) is 0 Å². The van der Waals surface area contributed by atoms with Gasteiger partial charge in [-0.15, -0.1) is 0 Å². The van der Waals surface area contributed by atoms with E-state index in [4.69, 9.17) is 4.74 Å². The number of methoxy groups -OCH3 is 1. The molecule has 28 heavy (non-hydrogen) atoms. The van der Waals surface area contributed by atoms with Crippen LogP contribution in [0.1, 0.15) is 17.5 Å². The minimum Gasteiger partial charge on any atom is -0.495 e. The minimum absolute atomic E-state index is 0.0673. The minimum atomic E-state index is -0.495. The first kappa shape index (κ1) is 19.9. The number of aryl methyl sites for hydroxylation is 2. The summed E-state index contributed by atoms with van der Waals surface area (Å²) in [6.07, 6.45) is 0.0673. The molecule has 7 heteroatoms. The van der Waals surface area contributed by atoms with Crippen LogP contribution in [-0.4, -0.2) is 41.3 Å². The van der Waals surface area contributed by atoms with E-state index in [1.54, 1.807) is 26.3 Å². The number of aliphatic imine (C=N–C) groups is 1. The lowest BCUT2D eigenvalue weighted by molar-refractivity contribution is -0.127. The molecule has 0 unspecified atom stereocenters. The van der Waals surface area contributed by atoms with Crippen molar-refractivity contribution in [3.05, 3.63) is 53.6 Å². The van der Waals surface area contributed by atoms with E-state index in [0.717, 1.165) is 11.3 Å². The standard InChI is InChI=1S/C21H23N3O3S/c1-13-9-10-15(11-14(13)2)22-21-24(3)20(26)18(28-21)12-19(25)23-16-7-5-6-8-17(16)27-4/h5-11,18H,12H2,1-4H3,(H,23,25)/t18-/m0/s1. The molecule has 2 amide bonds. The van der Waals surface area contributed by atoms with Crippen molar-refractivity contribution < 1.29 is 14.3 Å². The summed E-state index contributed by atoms with van der Waals surface area (Å²) in [5.41, 5.74) is 3.72. The number of rotatable bonds is 5. The van der Waals surface area contributed by atoms with Crippen molar-refractivity contribution in [3.8, 4) is 5.75 Å². The number of thioether (sulfide) groups is 1. The Balaban J connectivity index is 1.70. The number of carbonyl (C=O) groups is 2. The largest absolute Gasteiger partial charge is 0.495 e. The molecule has 146 valence electrons. The molecule has 3 rings (SSSR count). The van der Waals surface area contributed by atoms with Crippen LogP contribution in [0.3, 0.4) is 0 Å². The summed E-state index contributed by atoms with van der Waals surface area (Å²) in [5.74, 6) is 0.217. The number of hydrogen-bond donors (Lipinski definition) is 1. The van der Waals surface area contributed by atoms with Gasteiger partial charge in [0.1, 0.15) is 11.0 Å². The first-order valence-electron chi connectivity index (χ1n) is 8.92. The van der Waals surface area contributed by atoms with Crippen LogP contribution < -0.4 is 10.1 Å². The maximum Gasteiger partial charge on any atom is 0.242 e. The molecule has 0 aromatic heterocycles. The highest BCUT2D eigenvalue weighted by molar-refractivity contribution is 8.15. The van der Waals surface area contributed by atoms with Crippen LogP contribution in [0.25, 0.3) is 0 Å². The molecule has 1 N–H and O–H groups in total. The Morgan fingerprint density at radius 3 is 2.68 bits per heavy atom. The summed E-state index contributed by atoms with van der Waals surface area (Å²) >= 11 is 1.31. The Morgan fingerprint density at radius 1 is 1.21 bits per heavy atom. The van der Waals surface area contributed by atoms with Crippen molar-refractivity contribution in [2.45, 2.75) is 25.5 Å². The molecule has 0 bridgehead atoms. The number of nitrogens with one attached hydrogen (secondary N) is 1. The van der Waals surface area contributed by atoms with Crippen LogP contribution in [0.5, 0.6) is 5.75 Å². The summed E-state index contributed by atoms with van der Waals surface area (Å²) in [7, 11) is 3.24. The number of amides is 2. The van der Waals surface area contributed by atoms with Gasteiger partial charge in [-0.2, -0.15) is 0 Å². The maximum absolute atomic E-state index is 12.6. The second-order valence-electron chi connectivity index (χ2n) is 6.62. The third-order valence-corrected chi connectivity index (χ3v) is 5.84. The zero-order valence-corrected chi connectivity index (χ0v) is 17.2. The Kier molecular flexibility index (Phi) is 6.04. The lowest BCUT2D eigenvalue weighted by atomic mass is 10.1. The van der Waals surface area contributed by atoms with Gasteiger partial charge in [-0.3, -0.25) is 14.5 Å². The fourth-order valence-corrected chi connectivity index (χ4v) is 3.97. The maximum atomic E-state index is 12.6. The molecule has 1 saturated heterocycles. The number of anilines is 1. The van der Waals surface area contributed by atoms with Crippen LogP contribution in [-0.2, 0) is 9.59 Å². The third kappa shape index (κ3) is 4.36. The first-order chi connectivity index (χ1) is 13.4. The Hall–Kier alpha value is -2.80. The van der Waals surface area contributed by atoms with Gasteiger partial charge in [-0.05, 0) is 49.2 Å². The highest BCUT2D eigenvalue weighted by Crippen LogP contribution is 2.31. The van der Waals surface area contributed by atoms with Crippen LogP contribution in [0, 0.1) is 13.8 Å². The van der Waals surface area contributed by atoms with E-state index in [0.29, 0.717) is 16.6 Å². The van der Waals surface area contributed by atoms with Crippen molar-refractivity contribution in [1.29, 1.82) is 0 Å². The molecule has 1 aliphatic rings. The van der Waals surface area contributed by atoms with E-state index in [1.165, 1.54) is 22.2 Å². The highest BCUT2D eigenvalue weighted by Gasteiger charge is 2.37. The summed E-state index contributed by atoms with van der Waals surface area (Å²) in [4.78, 5) is 31.1. The van der Waals surface area contributed by atoms with Crippen molar-refractivity contribution in [2.24, 2.45) is 4.99 Å². The Bertz CT molecular complexity index is 942. The van der Waals surface area contributed by atoms with Crippen molar-refractivity contribution >= 4 is 40.1 Å². The predicted molar refractivity (Wildman–Crippen MR) is 113 cm³/mol. The van der Waals surface area contributed by atoms with Crippen molar-refractivity contribution in [2.75, 3.05) is 19.5 Å². The van der Waals surface area contributed by atoms with E-state index in [9.17, 15) is 9.59 Å². The molecule has 1 heterocycles. The van der Waals surface area contributed by atoms with Gasteiger partial charge in [-0.25, -0.2) is 4.99 Å². The molecule has 0 aliphatic carbocycles. The molecular formula is C21H23N3O3S. The monoisotopic (exact) mass is 397 g/mol. The topological polar surface area (TPSA) is 71.0 Å². The fraction of sp³-hybridized carbons (Fsp3) is 0.286. The summed E-state index contributed by atoms with van der Waals surface area (Å²) in [5, 5.41) is 2.92. The van der Waals surface area contributed by atoms with Gasteiger partial charge in [0.05, 0.1) is 18.5 Å². The van der Waals surface area contributed by atoms with Gasteiger partial charge in [0, 0.05) is 13.5 Å². The van der Waals surface area contributed by atoms with Crippen LogP contribution in [0.2, 0.25) is 0 Å². The molecule has 0 radical (unpaired) electrons. The highest BCUT2D eigenvalue weighted by atomic mass is 32.2. The molecule has 1 aliphatic heterocycles. The Labute approximate surface area is 169 Å². The van der Waals surface area contributed by atoms with Crippen molar-refractivity contribution in [1.82, 2.24) is 4.90 Å². The quantitative estimate of drug-likeness (QED) is 0.831. The lowest BCUT2D eigenvalue weighted by Gasteiger charge is -2.11. The second kappa shape index (κ2) is 8.48. The molecule has 1 fully saturated rings. The van der Waals surface area contributed by atoms with Gasteiger partial charge in [0.15, 0.2) is 5.17 Å². The Morgan fingerprint density at radius 2 is 1.96 bits per heavy atom. The van der Waals surface area contributed by atoms with E-state index in [-0.39, 0.29) is 18.2 Å². The van der Waals surface area contributed by atoms with Gasteiger partial charge >= 0.3 is 0 Å². The summed E-state index contributed by atoms with van der Waals surface area (Å²) < 4.78 is 5.24. The number of hydrogen-bond acceptors (Lipinski definition) is 5. The fourth-order valence-electron chi connectivity index (χ4n) is 2.82. The van der Waals surface area contributed by atoms with Crippen LogP contribution in [0.4, 0.5) is 11.4 Å².